The molecule has 0 aromatic heterocycles. The van der Waals surface area contributed by atoms with Gasteiger partial charge < -0.3 is 20.5 Å². The highest BCUT2D eigenvalue weighted by Crippen LogP contribution is 2.44. The van der Waals surface area contributed by atoms with E-state index in [1.807, 2.05) is 48.5 Å². The molecule has 1 heterocycles. The van der Waals surface area contributed by atoms with Gasteiger partial charge in [-0.3, -0.25) is 4.79 Å². The van der Waals surface area contributed by atoms with Crippen LogP contribution in [0.4, 0.5) is 0 Å². The smallest absolute Gasteiger partial charge is 0.337 e. The standard InChI is InChI=1S/C24H26N2O5/c25-24(22(28)29,12-11-21(27)26-13-5-6-14-26)23(30)31-15-20-18-9-3-1-7-16(18)17-8-2-4-10-19(17)20/h1-4,7-10,20H,5-6,11-15,25H2,(H,28,29)/t24-/m0/s1. The van der Waals surface area contributed by atoms with Gasteiger partial charge in [-0.2, -0.15) is 0 Å². The summed E-state index contributed by atoms with van der Waals surface area (Å²) in [5.74, 6) is -2.88. The predicted molar refractivity (Wildman–Crippen MR) is 114 cm³/mol. The Kier molecular flexibility index (Phi) is 5.78. The van der Waals surface area contributed by atoms with E-state index in [2.05, 4.69) is 0 Å². The molecule has 31 heavy (non-hydrogen) atoms. The Hall–Kier alpha value is -3.19. The van der Waals surface area contributed by atoms with Crippen molar-refractivity contribution in [2.24, 2.45) is 5.73 Å². The maximum Gasteiger partial charge on any atom is 0.337 e. The van der Waals surface area contributed by atoms with Gasteiger partial charge >= 0.3 is 11.9 Å². The van der Waals surface area contributed by atoms with Gasteiger partial charge in [0.1, 0.15) is 6.61 Å². The Balaban J connectivity index is 1.46. The Morgan fingerprint density at radius 2 is 1.55 bits per heavy atom. The van der Waals surface area contributed by atoms with Crippen molar-refractivity contribution in [1.82, 2.24) is 4.90 Å². The number of carboxylic acid groups (broad SMARTS) is 1. The van der Waals surface area contributed by atoms with E-state index in [9.17, 15) is 19.5 Å². The van der Waals surface area contributed by atoms with Crippen molar-refractivity contribution in [3.05, 3.63) is 59.7 Å². The third kappa shape index (κ3) is 3.93. The number of rotatable bonds is 7. The number of aliphatic carboxylic acids is 1. The van der Waals surface area contributed by atoms with Crippen LogP contribution >= 0.6 is 0 Å². The molecule has 2 aliphatic rings. The zero-order valence-electron chi connectivity index (χ0n) is 17.3. The van der Waals surface area contributed by atoms with Gasteiger partial charge in [0.15, 0.2) is 0 Å². The summed E-state index contributed by atoms with van der Waals surface area (Å²) in [6, 6.07) is 15.8. The number of nitrogens with two attached hydrogens (primary N) is 1. The van der Waals surface area contributed by atoms with E-state index in [-0.39, 0.29) is 31.3 Å². The summed E-state index contributed by atoms with van der Waals surface area (Å²) >= 11 is 0. The van der Waals surface area contributed by atoms with Crippen LogP contribution in [0.1, 0.15) is 42.7 Å². The number of benzene rings is 2. The van der Waals surface area contributed by atoms with Crippen LogP contribution in [-0.4, -0.2) is 53.1 Å². The van der Waals surface area contributed by atoms with Crippen LogP contribution in [0.2, 0.25) is 0 Å². The molecule has 0 bridgehead atoms. The normalized spacial score (nSPS) is 17.0. The first kappa shape index (κ1) is 21.1. The van der Waals surface area contributed by atoms with Crippen LogP contribution in [0.5, 0.6) is 0 Å². The minimum Gasteiger partial charge on any atom is -0.479 e. The minimum absolute atomic E-state index is 0.0147. The summed E-state index contributed by atoms with van der Waals surface area (Å²) < 4.78 is 5.45. The number of carboxylic acids is 1. The lowest BCUT2D eigenvalue weighted by Crippen LogP contribution is -2.56. The van der Waals surface area contributed by atoms with Crippen molar-refractivity contribution in [3.63, 3.8) is 0 Å². The van der Waals surface area contributed by atoms with Gasteiger partial charge in [-0.25, -0.2) is 9.59 Å². The highest BCUT2D eigenvalue weighted by atomic mass is 16.5. The zero-order valence-corrected chi connectivity index (χ0v) is 17.3. The highest BCUT2D eigenvalue weighted by Gasteiger charge is 2.45. The first-order valence-corrected chi connectivity index (χ1v) is 10.6. The number of esters is 1. The number of carbonyl (C=O) groups excluding carboxylic acids is 2. The maximum atomic E-state index is 12.8. The molecule has 0 radical (unpaired) electrons. The summed E-state index contributed by atoms with van der Waals surface area (Å²) in [4.78, 5) is 38.6. The van der Waals surface area contributed by atoms with Gasteiger partial charge in [0.25, 0.3) is 0 Å². The van der Waals surface area contributed by atoms with E-state index in [1.54, 1.807) is 4.90 Å². The number of likely N-dealkylation sites (tertiary alicyclic amines) is 1. The fourth-order valence-corrected chi connectivity index (χ4v) is 4.45. The average Bonchev–Trinajstić information content (AvgIpc) is 3.42. The molecular weight excluding hydrogens is 396 g/mol. The lowest BCUT2D eigenvalue weighted by molar-refractivity contribution is -0.161. The zero-order chi connectivity index (χ0) is 22.0. The van der Waals surface area contributed by atoms with Gasteiger partial charge in [-0.1, -0.05) is 48.5 Å². The number of amides is 1. The van der Waals surface area contributed by atoms with E-state index < -0.39 is 17.5 Å². The molecule has 1 atom stereocenters. The van der Waals surface area contributed by atoms with E-state index in [0.717, 1.165) is 35.1 Å². The topological polar surface area (TPSA) is 110 Å². The molecule has 1 fully saturated rings. The number of hydrogen-bond acceptors (Lipinski definition) is 5. The van der Waals surface area contributed by atoms with Crippen LogP contribution in [0, 0.1) is 0 Å². The largest absolute Gasteiger partial charge is 0.479 e. The third-order valence-electron chi connectivity index (χ3n) is 6.28. The van der Waals surface area contributed by atoms with E-state index in [0.29, 0.717) is 13.1 Å². The summed E-state index contributed by atoms with van der Waals surface area (Å²) in [5, 5.41) is 9.64. The first-order chi connectivity index (χ1) is 14.9. The SMILES string of the molecule is N[C@@](CCC(=O)N1CCCC1)(C(=O)O)C(=O)OCC1c2ccccc2-c2ccccc21. The molecule has 1 amide bonds. The summed E-state index contributed by atoms with van der Waals surface area (Å²) in [6.45, 7) is 1.31. The van der Waals surface area contributed by atoms with E-state index in [4.69, 9.17) is 10.5 Å². The molecule has 4 rings (SSSR count). The van der Waals surface area contributed by atoms with Crippen LogP contribution in [0.15, 0.2) is 48.5 Å². The van der Waals surface area contributed by atoms with Crippen LogP contribution < -0.4 is 5.73 Å². The first-order valence-electron chi connectivity index (χ1n) is 10.6. The highest BCUT2D eigenvalue weighted by molar-refractivity contribution is 6.04. The van der Waals surface area contributed by atoms with Crippen LogP contribution in [0.3, 0.4) is 0 Å². The number of nitrogens with zero attached hydrogens (tertiary/aromatic N) is 1. The monoisotopic (exact) mass is 422 g/mol. The molecule has 2 aromatic carbocycles. The molecule has 0 unspecified atom stereocenters. The van der Waals surface area contributed by atoms with Crippen molar-refractivity contribution in [2.75, 3.05) is 19.7 Å². The van der Waals surface area contributed by atoms with Crippen molar-refractivity contribution in [1.29, 1.82) is 0 Å². The second kappa shape index (κ2) is 8.51. The van der Waals surface area contributed by atoms with Gasteiger partial charge in [0.2, 0.25) is 11.4 Å². The maximum absolute atomic E-state index is 12.8. The van der Waals surface area contributed by atoms with Crippen molar-refractivity contribution in [2.45, 2.75) is 37.1 Å². The molecule has 0 saturated carbocycles. The average molecular weight is 422 g/mol. The molecule has 7 heteroatoms. The van der Waals surface area contributed by atoms with Crippen molar-refractivity contribution >= 4 is 17.8 Å². The number of carbonyl (C=O) groups is 3. The Morgan fingerprint density at radius 3 is 2.10 bits per heavy atom. The number of ether oxygens (including phenoxy) is 1. The van der Waals surface area contributed by atoms with Crippen molar-refractivity contribution in [3.8, 4) is 11.1 Å². The third-order valence-corrected chi connectivity index (χ3v) is 6.28. The second-order valence-corrected chi connectivity index (χ2v) is 8.19. The van der Waals surface area contributed by atoms with Crippen molar-refractivity contribution < 1.29 is 24.2 Å². The number of fused-ring (bicyclic) bond motifs is 3. The van der Waals surface area contributed by atoms with Gasteiger partial charge in [-0.15, -0.1) is 0 Å². The number of hydrogen-bond donors (Lipinski definition) is 2. The molecule has 1 saturated heterocycles. The lowest BCUT2D eigenvalue weighted by atomic mass is 9.94. The molecule has 0 spiro atoms. The van der Waals surface area contributed by atoms with E-state index >= 15 is 0 Å². The summed E-state index contributed by atoms with van der Waals surface area (Å²) in [6.07, 6.45) is 1.47. The van der Waals surface area contributed by atoms with Gasteiger partial charge in [0.05, 0.1) is 0 Å². The fraction of sp³-hybridized carbons (Fsp3) is 0.375. The van der Waals surface area contributed by atoms with Gasteiger partial charge in [-0.05, 0) is 41.5 Å². The molecular formula is C24H26N2O5. The molecule has 162 valence electrons. The molecule has 2 aromatic rings. The fourth-order valence-electron chi connectivity index (χ4n) is 4.45. The van der Waals surface area contributed by atoms with E-state index in [1.165, 1.54) is 0 Å². The second-order valence-electron chi connectivity index (χ2n) is 8.19. The quantitative estimate of drug-likeness (QED) is 0.524. The van der Waals surface area contributed by atoms with Gasteiger partial charge in [0, 0.05) is 25.4 Å². The molecule has 1 aliphatic heterocycles. The van der Waals surface area contributed by atoms with Crippen LogP contribution in [0.25, 0.3) is 11.1 Å². The summed E-state index contributed by atoms with van der Waals surface area (Å²) in [5.41, 5.74) is 7.91. The predicted octanol–water partition coefficient (Wildman–Crippen LogP) is 2.53. The Bertz CT molecular complexity index is 969. The Morgan fingerprint density at radius 1 is 1.00 bits per heavy atom. The lowest BCUT2D eigenvalue weighted by Gasteiger charge is -2.25. The molecule has 7 nitrogen and oxygen atoms in total. The molecule has 1 aliphatic carbocycles. The Labute approximate surface area is 180 Å². The summed E-state index contributed by atoms with van der Waals surface area (Å²) in [7, 11) is 0. The van der Waals surface area contributed by atoms with Crippen LogP contribution in [-0.2, 0) is 19.1 Å². The molecule has 3 N–H and O–H groups in total. The minimum atomic E-state index is -2.26.